The van der Waals surface area contributed by atoms with Gasteiger partial charge in [-0.15, -0.1) is 0 Å². The molecule has 0 rings (SSSR count). The van der Waals surface area contributed by atoms with Gasteiger partial charge < -0.3 is 4.74 Å². The Bertz CT molecular complexity index is 205. The number of esters is 1. The fourth-order valence-electron chi connectivity index (χ4n) is 1.16. The van der Waals surface area contributed by atoms with Crippen LogP contribution in [0.3, 0.4) is 0 Å². The second-order valence-electron chi connectivity index (χ2n) is 4.67. The minimum Gasteiger partial charge on any atom is -0.458 e. The van der Waals surface area contributed by atoms with Gasteiger partial charge in [-0.2, -0.15) is 0 Å². The molecular weight excluding hydrogens is 220 g/mol. The zero-order valence-corrected chi connectivity index (χ0v) is 11.7. The Hall–Kier alpha value is -0.610. The van der Waals surface area contributed by atoms with Crippen molar-refractivity contribution in [2.45, 2.75) is 72.0 Å². The van der Waals surface area contributed by atoms with Crippen molar-refractivity contribution in [3.63, 3.8) is 0 Å². The average Bonchev–Trinajstić information content (AvgIpc) is 2.28. The smallest absolute Gasteiger partial charge is 0.339 e. The molecule has 1 atom stereocenters. The fourth-order valence-corrected chi connectivity index (χ4v) is 1.16. The summed E-state index contributed by atoms with van der Waals surface area (Å²) in [4.78, 5) is 21.8. The number of carbonyl (C=O) groups is 1. The predicted octanol–water partition coefficient (Wildman–Crippen LogP) is 3.25. The summed E-state index contributed by atoms with van der Waals surface area (Å²) >= 11 is 0. The number of hydrogen-bond donors (Lipinski definition) is 0. The number of ether oxygens (including phenoxy) is 1. The van der Waals surface area contributed by atoms with Crippen LogP contribution in [0.15, 0.2) is 0 Å². The van der Waals surface area contributed by atoms with Crippen LogP contribution in [0.5, 0.6) is 0 Å². The number of hydrogen-bond acceptors (Lipinski definition) is 4. The summed E-state index contributed by atoms with van der Waals surface area (Å²) in [5.41, 5.74) is -0.447. The van der Waals surface area contributed by atoms with Gasteiger partial charge in [-0.25, -0.2) is 14.6 Å². The van der Waals surface area contributed by atoms with Gasteiger partial charge in [0.15, 0.2) is 6.10 Å². The maximum Gasteiger partial charge on any atom is 0.339 e. The van der Waals surface area contributed by atoms with E-state index in [0.717, 1.165) is 19.3 Å². The van der Waals surface area contributed by atoms with Crippen LogP contribution < -0.4 is 0 Å². The SMILES string of the molecule is CCCCC(OOCC)C(=O)OC(C)(C)CC. The fraction of sp³-hybridized carbons (Fsp3) is 0.923. The number of carbonyl (C=O) groups excluding carboxylic acids is 1. The topological polar surface area (TPSA) is 44.8 Å². The van der Waals surface area contributed by atoms with E-state index in [4.69, 9.17) is 14.5 Å². The van der Waals surface area contributed by atoms with Gasteiger partial charge in [-0.1, -0.05) is 26.7 Å². The molecule has 0 amide bonds. The van der Waals surface area contributed by atoms with Crippen LogP contribution in [0.4, 0.5) is 0 Å². The zero-order valence-electron chi connectivity index (χ0n) is 11.7. The van der Waals surface area contributed by atoms with Gasteiger partial charge in [0.05, 0.1) is 6.61 Å². The molecule has 0 bridgehead atoms. The summed E-state index contributed by atoms with van der Waals surface area (Å²) < 4.78 is 5.40. The van der Waals surface area contributed by atoms with E-state index in [1.165, 1.54) is 0 Å². The zero-order chi connectivity index (χ0) is 13.3. The van der Waals surface area contributed by atoms with Crippen LogP contribution in [0.25, 0.3) is 0 Å². The first kappa shape index (κ1) is 16.4. The van der Waals surface area contributed by atoms with E-state index in [9.17, 15) is 4.79 Å². The van der Waals surface area contributed by atoms with E-state index in [0.29, 0.717) is 13.0 Å². The van der Waals surface area contributed by atoms with Crippen molar-refractivity contribution in [2.75, 3.05) is 6.61 Å². The first-order valence-electron chi connectivity index (χ1n) is 6.48. The molecule has 0 spiro atoms. The largest absolute Gasteiger partial charge is 0.458 e. The van der Waals surface area contributed by atoms with Crippen molar-refractivity contribution >= 4 is 5.97 Å². The highest BCUT2D eigenvalue weighted by molar-refractivity contribution is 5.75. The molecule has 4 heteroatoms. The van der Waals surface area contributed by atoms with Crippen LogP contribution in [0, 0.1) is 0 Å². The lowest BCUT2D eigenvalue weighted by Crippen LogP contribution is -2.35. The highest BCUT2D eigenvalue weighted by Crippen LogP contribution is 2.17. The highest BCUT2D eigenvalue weighted by atomic mass is 17.2. The van der Waals surface area contributed by atoms with E-state index in [2.05, 4.69) is 6.92 Å². The molecule has 4 nitrogen and oxygen atoms in total. The van der Waals surface area contributed by atoms with Crippen molar-refractivity contribution < 1.29 is 19.3 Å². The van der Waals surface area contributed by atoms with E-state index < -0.39 is 11.7 Å². The van der Waals surface area contributed by atoms with Crippen molar-refractivity contribution in [3.8, 4) is 0 Å². The second-order valence-corrected chi connectivity index (χ2v) is 4.67. The van der Waals surface area contributed by atoms with E-state index >= 15 is 0 Å². The Kier molecular flexibility index (Phi) is 8.17. The van der Waals surface area contributed by atoms with Gasteiger partial charge >= 0.3 is 5.97 Å². The van der Waals surface area contributed by atoms with Crippen molar-refractivity contribution in [1.29, 1.82) is 0 Å². The summed E-state index contributed by atoms with van der Waals surface area (Å²) in [6.45, 7) is 10.1. The Morgan fingerprint density at radius 2 is 1.88 bits per heavy atom. The molecule has 0 aliphatic rings. The standard InChI is InChI=1S/C13H26O4/c1-6-9-10-11(17-15-8-3)12(14)16-13(4,5)7-2/h11H,6-10H2,1-5H3. The lowest BCUT2D eigenvalue weighted by Gasteiger charge is -2.26. The first-order chi connectivity index (χ1) is 7.96. The molecule has 0 saturated heterocycles. The summed E-state index contributed by atoms with van der Waals surface area (Å²) in [7, 11) is 0. The predicted molar refractivity (Wildman–Crippen MR) is 66.5 cm³/mol. The molecule has 0 aromatic carbocycles. The van der Waals surface area contributed by atoms with Crippen LogP contribution >= 0.6 is 0 Å². The van der Waals surface area contributed by atoms with E-state index in [-0.39, 0.29) is 5.97 Å². The van der Waals surface area contributed by atoms with Crippen molar-refractivity contribution in [3.05, 3.63) is 0 Å². The third-order valence-electron chi connectivity index (χ3n) is 2.61. The molecule has 0 radical (unpaired) electrons. The maximum absolute atomic E-state index is 11.9. The molecule has 1 unspecified atom stereocenters. The van der Waals surface area contributed by atoms with Gasteiger partial charge in [0, 0.05) is 0 Å². The molecular formula is C13H26O4. The third kappa shape index (κ3) is 7.34. The van der Waals surface area contributed by atoms with Crippen molar-refractivity contribution in [2.24, 2.45) is 0 Å². The summed E-state index contributed by atoms with van der Waals surface area (Å²) in [5.74, 6) is -0.334. The van der Waals surface area contributed by atoms with Gasteiger partial charge in [-0.05, 0) is 33.6 Å². The molecule has 0 aliphatic carbocycles. The van der Waals surface area contributed by atoms with Gasteiger partial charge in [-0.3, -0.25) is 0 Å². The Labute approximate surface area is 105 Å². The third-order valence-corrected chi connectivity index (χ3v) is 2.61. The lowest BCUT2D eigenvalue weighted by atomic mass is 10.1. The maximum atomic E-state index is 11.9. The normalized spacial score (nSPS) is 13.5. The minimum atomic E-state index is -0.610. The minimum absolute atomic E-state index is 0.334. The quantitative estimate of drug-likeness (QED) is 0.356. The summed E-state index contributed by atoms with van der Waals surface area (Å²) in [6.07, 6.45) is 2.72. The molecule has 0 saturated carbocycles. The van der Waals surface area contributed by atoms with Crippen molar-refractivity contribution in [1.82, 2.24) is 0 Å². The highest BCUT2D eigenvalue weighted by Gasteiger charge is 2.28. The monoisotopic (exact) mass is 246 g/mol. The Balaban J connectivity index is 4.30. The average molecular weight is 246 g/mol. The summed E-state index contributed by atoms with van der Waals surface area (Å²) in [6, 6.07) is 0. The number of rotatable bonds is 9. The number of unbranched alkanes of at least 4 members (excludes halogenated alkanes) is 1. The molecule has 0 aliphatic heterocycles. The molecule has 0 fully saturated rings. The molecule has 102 valence electrons. The van der Waals surface area contributed by atoms with E-state index in [1.54, 1.807) is 0 Å². The van der Waals surface area contributed by atoms with Crippen LogP contribution in [-0.2, 0) is 19.3 Å². The first-order valence-corrected chi connectivity index (χ1v) is 6.48. The van der Waals surface area contributed by atoms with Crippen LogP contribution in [0.2, 0.25) is 0 Å². The van der Waals surface area contributed by atoms with Crippen LogP contribution in [-0.4, -0.2) is 24.3 Å². The summed E-state index contributed by atoms with van der Waals surface area (Å²) in [5, 5.41) is 0. The Morgan fingerprint density at radius 3 is 2.35 bits per heavy atom. The molecule has 0 heterocycles. The Morgan fingerprint density at radius 1 is 1.24 bits per heavy atom. The second kappa shape index (κ2) is 8.48. The molecule has 0 aromatic heterocycles. The molecule has 17 heavy (non-hydrogen) atoms. The van der Waals surface area contributed by atoms with E-state index in [1.807, 2.05) is 27.7 Å². The van der Waals surface area contributed by atoms with Crippen LogP contribution in [0.1, 0.15) is 60.3 Å². The van der Waals surface area contributed by atoms with Gasteiger partial charge in [0.2, 0.25) is 0 Å². The van der Waals surface area contributed by atoms with Gasteiger partial charge in [0.25, 0.3) is 0 Å². The lowest BCUT2D eigenvalue weighted by molar-refractivity contribution is -0.320. The molecule has 0 aromatic rings. The molecule has 0 N–H and O–H groups in total. The van der Waals surface area contributed by atoms with Gasteiger partial charge in [0.1, 0.15) is 5.60 Å².